The Morgan fingerprint density at radius 1 is 1.09 bits per heavy atom. The molecule has 0 saturated heterocycles. The third-order valence-electron chi connectivity index (χ3n) is 4.71. The van der Waals surface area contributed by atoms with E-state index in [-0.39, 0.29) is 18.4 Å². The van der Waals surface area contributed by atoms with Crippen LogP contribution in [0.15, 0.2) is 48.9 Å². The van der Waals surface area contributed by atoms with Crippen molar-refractivity contribution in [3.05, 3.63) is 66.0 Å². The number of amides is 1. The number of rotatable bonds is 7. The molecule has 168 valence electrons. The highest BCUT2D eigenvalue weighted by Gasteiger charge is 2.33. The smallest absolute Gasteiger partial charge is 0.434 e. The summed E-state index contributed by atoms with van der Waals surface area (Å²) in [4.78, 5) is 30.5. The maximum absolute atomic E-state index is 13.3. The Morgan fingerprint density at radius 2 is 1.81 bits per heavy atom. The van der Waals surface area contributed by atoms with Crippen molar-refractivity contribution in [2.45, 2.75) is 33.0 Å². The lowest BCUT2D eigenvalue weighted by atomic mass is 10.1. The lowest BCUT2D eigenvalue weighted by Crippen LogP contribution is -2.42. The van der Waals surface area contributed by atoms with E-state index in [2.05, 4.69) is 19.9 Å². The number of ether oxygens (including phenoxy) is 1. The van der Waals surface area contributed by atoms with Gasteiger partial charge in [-0.05, 0) is 20.8 Å². The van der Waals surface area contributed by atoms with Gasteiger partial charge in [-0.25, -0.2) is 19.9 Å². The summed E-state index contributed by atoms with van der Waals surface area (Å²) < 4.78 is 43.3. The van der Waals surface area contributed by atoms with E-state index in [1.165, 1.54) is 6.20 Å². The molecule has 3 rings (SSSR count). The van der Waals surface area contributed by atoms with Crippen molar-refractivity contribution >= 4 is 5.91 Å². The zero-order valence-corrected chi connectivity index (χ0v) is 17.8. The monoisotopic (exact) mass is 445 g/mol. The first kappa shape index (κ1) is 23.1. The number of likely N-dealkylation sites (N-methyl/N-ethyl adjacent to an activating group) is 1. The van der Waals surface area contributed by atoms with Crippen LogP contribution in [0.2, 0.25) is 0 Å². The number of carbonyl (C=O) groups excluding carboxylic acids is 1. The van der Waals surface area contributed by atoms with Crippen LogP contribution in [-0.2, 0) is 6.18 Å². The first-order valence-electron chi connectivity index (χ1n) is 9.92. The second-order valence-corrected chi connectivity index (χ2v) is 7.03. The van der Waals surface area contributed by atoms with Gasteiger partial charge in [0.25, 0.3) is 5.91 Å². The molecule has 0 radical (unpaired) electrons. The Balaban J connectivity index is 1.76. The lowest BCUT2D eigenvalue weighted by molar-refractivity contribution is -0.141. The van der Waals surface area contributed by atoms with E-state index in [0.717, 1.165) is 11.8 Å². The zero-order valence-electron chi connectivity index (χ0n) is 17.8. The highest BCUT2D eigenvalue weighted by molar-refractivity contribution is 5.99. The van der Waals surface area contributed by atoms with Crippen molar-refractivity contribution in [3.63, 3.8) is 0 Å². The molecule has 2 aromatic heterocycles. The molecular formula is C22H22F3N5O2. The molecule has 0 aliphatic rings. The standard InChI is InChI=1S/C22H22F3N5O2/c1-4-30(14(2)13-32-19-12-27-18(11-28-19)22(23,24)25)21(31)17-10-26-15(3)29-20(17)16-8-6-5-7-9-16/h5-12,14H,4,13H2,1-3H3/t14-/m0/s1. The molecule has 0 fully saturated rings. The quantitative estimate of drug-likeness (QED) is 0.543. The fraction of sp³-hybridized carbons (Fsp3) is 0.318. The maximum atomic E-state index is 13.3. The van der Waals surface area contributed by atoms with Gasteiger partial charge in [-0.1, -0.05) is 30.3 Å². The average molecular weight is 445 g/mol. The van der Waals surface area contributed by atoms with Crippen molar-refractivity contribution in [1.82, 2.24) is 24.8 Å². The summed E-state index contributed by atoms with van der Waals surface area (Å²) in [5.74, 6) is 0.207. The van der Waals surface area contributed by atoms with Crippen LogP contribution in [-0.4, -0.2) is 49.9 Å². The summed E-state index contributed by atoms with van der Waals surface area (Å²) in [6.07, 6.45) is -1.55. The number of halogens is 3. The van der Waals surface area contributed by atoms with E-state index < -0.39 is 17.9 Å². The van der Waals surface area contributed by atoms with Gasteiger partial charge in [0.2, 0.25) is 5.88 Å². The van der Waals surface area contributed by atoms with Crippen molar-refractivity contribution < 1.29 is 22.7 Å². The molecule has 3 aromatic rings. The highest BCUT2D eigenvalue weighted by atomic mass is 19.4. The van der Waals surface area contributed by atoms with Crippen LogP contribution >= 0.6 is 0 Å². The van der Waals surface area contributed by atoms with Gasteiger partial charge in [0, 0.05) is 18.3 Å². The predicted molar refractivity (Wildman–Crippen MR) is 111 cm³/mol. The van der Waals surface area contributed by atoms with Crippen molar-refractivity contribution in [3.8, 4) is 17.1 Å². The molecule has 0 unspecified atom stereocenters. The van der Waals surface area contributed by atoms with Crippen LogP contribution in [0.1, 0.15) is 35.7 Å². The maximum Gasteiger partial charge on any atom is 0.434 e. The molecule has 7 nitrogen and oxygen atoms in total. The van der Waals surface area contributed by atoms with Crippen LogP contribution < -0.4 is 4.74 Å². The molecule has 10 heteroatoms. The first-order chi connectivity index (χ1) is 15.2. The summed E-state index contributed by atoms with van der Waals surface area (Å²) in [5.41, 5.74) is 0.575. The molecule has 1 atom stereocenters. The van der Waals surface area contributed by atoms with Crippen LogP contribution in [0.25, 0.3) is 11.3 Å². The van der Waals surface area contributed by atoms with Crippen LogP contribution in [0.4, 0.5) is 13.2 Å². The minimum Gasteiger partial charge on any atom is -0.474 e. The largest absolute Gasteiger partial charge is 0.474 e. The van der Waals surface area contributed by atoms with Crippen molar-refractivity contribution in [2.24, 2.45) is 0 Å². The van der Waals surface area contributed by atoms with E-state index in [4.69, 9.17) is 4.74 Å². The van der Waals surface area contributed by atoms with Crippen molar-refractivity contribution in [1.29, 1.82) is 0 Å². The number of aryl methyl sites for hydroxylation is 1. The molecular weight excluding hydrogens is 423 g/mol. The Kier molecular flexibility index (Phi) is 7.01. The second kappa shape index (κ2) is 9.71. The van der Waals surface area contributed by atoms with Crippen LogP contribution in [0.5, 0.6) is 5.88 Å². The molecule has 0 N–H and O–H groups in total. The summed E-state index contributed by atoms with van der Waals surface area (Å²) in [7, 11) is 0. The number of carbonyl (C=O) groups is 1. The predicted octanol–water partition coefficient (Wildman–Crippen LogP) is 4.19. The third-order valence-corrected chi connectivity index (χ3v) is 4.71. The van der Waals surface area contributed by atoms with E-state index in [1.807, 2.05) is 37.3 Å². The minimum atomic E-state index is -4.57. The van der Waals surface area contributed by atoms with Gasteiger partial charge in [-0.2, -0.15) is 13.2 Å². The minimum absolute atomic E-state index is 0.0208. The number of alkyl halides is 3. The Morgan fingerprint density at radius 3 is 2.41 bits per heavy atom. The molecule has 0 saturated carbocycles. The molecule has 2 heterocycles. The summed E-state index contributed by atoms with van der Waals surface area (Å²) in [6, 6.07) is 8.93. The Hall–Kier alpha value is -3.56. The van der Waals surface area contributed by atoms with Crippen LogP contribution in [0, 0.1) is 6.92 Å². The average Bonchev–Trinajstić information content (AvgIpc) is 2.78. The van der Waals surface area contributed by atoms with Gasteiger partial charge in [-0.3, -0.25) is 4.79 Å². The third kappa shape index (κ3) is 5.37. The molecule has 32 heavy (non-hydrogen) atoms. The molecule has 1 amide bonds. The number of aromatic nitrogens is 4. The zero-order chi connectivity index (χ0) is 23.3. The number of hydrogen-bond donors (Lipinski definition) is 0. The van der Waals surface area contributed by atoms with E-state index in [9.17, 15) is 18.0 Å². The summed E-state index contributed by atoms with van der Waals surface area (Å²) >= 11 is 0. The van der Waals surface area contributed by atoms with E-state index in [1.54, 1.807) is 18.7 Å². The molecule has 0 spiro atoms. The fourth-order valence-corrected chi connectivity index (χ4v) is 3.09. The van der Waals surface area contributed by atoms with Gasteiger partial charge >= 0.3 is 6.18 Å². The van der Waals surface area contributed by atoms with Gasteiger partial charge in [-0.15, -0.1) is 0 Å². The SMILES string of the molecule is CCN(C(=O)c1cnc(C)nc1-c1ccccc1)[C@@H](C)COc1cnc(C(F)(F)F)cn1. The first-order valence-corrected chi connectivity index (χ1v) is 9.92. The lowest BCUT2D eigenvalue weighted by Gasteiger charge is -2.28. The van der Waals surface area contributed by atoms with E-state index >= 15 is 0 Å². The normalized spacial score (nSPS) is 12.3. The molecule has 0 aliphatic heterocycles. The number of hydrogen-bond acceptors (Lipinski definition) is 6. The Bertz CT molecular complexity index is 1060. The Labute approximate surface area is 183 Å². The second-order valence-electron chi connectivity index (χ2n) is 7.03. The van der Waals surface area contributed by atoms with Crippen molar-refractivity contribution in [2.75, 3.05) is 13.2 Å². The van der Waals surface area contributed by atoms with Gasteiger partial charge in [0.1, 0.15) is 12.4 Å². The van der Waals surface area contributed by atoms with Gasteiger partial charge in [0.05, 0.1) is 29.7 Å². The van der Waals surface area contributed by atoms with Crippen LogP contribution in [0.3, 0.4) is 0 Å². The summed E-state index contributed by atoms with van der Waals surface area (Å²) in [5, 5.41) is 0. The molecule has 1 aromatic carbocycles. The summed E-state index contributed by atoms with van der Waals surface area (Å²) in [6.45, 7) is 5.75. The molecule has 0 bridgehead atoms. The van der Waals surface area contributed by atoms with E-state index in [0.29, 0.717) is 29.8 Å². The number of benzene rings is 1. The molecule has 0 aliphatic carbocycles. The van der Waals surface area contributed by atoms with Gasteiger partial charge < -0.3 is 9.64 Å². The highest BCUT2D eigenvalue weighted by Crippen LogP contribution is 2.27. The number of nitrogens with zero attached hydrogens (tertiary/aromatic N) is 5. The van der Waals surface area contributed by atoms with Gasteiger partial charge in [0.15, 0.2) is 5.69 Å². The topological polar surface area (TPSA) is 81.1 Å². The fourth-order valence-electron chi connectivity index (χ4n) is 3.09.